The van der Waals surface area contributed by atoms with Crippen LogP contribution in [0.1, 0.15) is 16.7 Å². The minimum absolute atomic E-state index is 0.146. The topological polar surface area (TPSA) is 65.0 Å². The Morgan fingerprint density at radius 3 is 2.35 bits per heavy atom. The Hall–Kier alpha value is -2.86. The summed E-state index contributed by atoms with van der Waals surface area (Å²) in [6.07, 6.45) is 3.03. The quantitative estimate of drug-likeness (QED) is 0.393. The van der Waals surface area contributed by atoms with Crippen molar-refractivity contribution >= 4 is 46.8 Å². The Morgan fingerprint density at radius 2 is 1.65 bits per heavy atom. The summed E-state index contributed by atoms with van der Waals surface area (Å²) in [7, 11) is 0. The lowest BCUT2D eigenvalue weighted by Gasteiger charge is -2.13. The van der Waals surface area contributed by atoms with Crippen molar-refractivity contribution < 1.29 is 24.1 Å². The third kappa shape index (κ3) is 5.25. The van der Waals surface area contributed by atoms with Gasteiger partial charge in [-0.15, -0.1) is 0 Å². The molecule has 0 spiro atoms. The first-order chi connectivity index (χ1) is 14.9. The lowest BCUT2D eigenvalue weighted by atomic mass is 9.98. The molecule has 0 aliphatic carbocycles. The molecule has 8 heteroatoms. The molecule has 31 heavy (non-hydrogen) atoms. The van der Waals surface area contributed by atoms with Gasteiger partial charge in [0.15, 0.2) is 11.5 Å². The summed E-state index contributed by atoms with van der Waals surface area (Å²) in [5.74, 6) is 1.19. The Balaban J connectivity index is 1.69. The van der Waals surface area contributed by atoms with Crippen LogP contribution in [0.5, 0.6) is 23.0 Å². The Labute approximate surface area is 193 Å². The smallest absolute Gasteiger partial charge is 0.328 e. The second-order valence-electron chi connectivity index (χ2n) is 6.71. The molecule has 4 rings (SSSR count). The summed E-state index contributed by atoms with van der Waals surface area (Å²) >= 11 is 18.5. The van der Waals surface area contributed by atoms with Gasteiger partial charge in [0.25, 0.3) is 0 Å². The van der Waals surface area contributed by atoms with Crippen molar-refractivity contribution in [3.8, 4) is 23.0 Å². The molecular formula is C23H15Cl3O5. The number of hydrogen-bond acceptors (Lipinski definition) is 4. The lowest BCUT2D eigenvalue weighted by molar-refractivity contribution is -0.131. The van der Waals surface area contributed by atoms with Crippen LogP contribution in [-0.2, 0) is 11.2 Å². The summed E-state index contributed by atoms with van der Waals surface area (Å²) in [6.45, 7) is 0.146. The number of hydrogen-bond donors (Lipinski definition) is 1. The molecule has 1 heterocycles. The summed E-state index contributed by atoms with van der Waals surface area (Å²) in [6, 6.07) is 13.8. The van der Waals surface area contributed by atoms with E-state index in [4.69, 9.17) is 54.1 Å². The fourth-order valence-corrected chi connectivity index (χ4v) is 3.87. The first-order valence-corrected chi connectivity index (χ1v) is 10.3. The van der Waals surface area contributed by atoms with Gasteiger partial charge in [-0.3, -0.25) is 0 Å². The van der Waals surface area contributed by atoms with E-state index in [2.05, 4.69) is 0 Å². The van der Waals surface area contributed by atoms with Gasteiger partial charge < -0.3 is 19.3 Å². The highest BCUT2D eigenvalue weighted by Crippen LogP contribution is 2.38. The van der Waals surface area contributed by atoms with E-state index in [9.17, 15) is 4.79 Å². The van der Waals surface area contributed by atoms with Gasteiger partial charge in [0.05, 0.1) is 0 Å². The van der Waals surface area contributed by atoms with E-state index in [1.807, 2.05) is 12.1 Å². The molecule has 1 aliphatic rings. The minimum Gasteiger partial charge on any atom is -0.478 e. The molecule has 0 radical (unpaired) electrons. The van der Waals surface area contributed by atoms with Crippen LogP contribution < -0.4 is 14.2 Å². The van der Waals surface area contributed by atoms with Crippen LogP contribution in [0.25, 0.3) is 6.08 Å². The third-order valence-corrected chi connectivity index (χ3v) is 5.30. The van der Waals surface area contributed by atoms with Crippen LogP contribution in [0, 0.1) is 0 Å². The fraction of sp³-hybridized carbons (Fsp3) is 0.0870. The number of fused-ring (bicyclic) bond motifs is 1. The number of ether oxygens (including phenoxy) is 3. The fourth-order valence-electron chi connectivity index (χ4n) is 3.15. The van der Waals surface area contributed by atoms with Gasteiger partial charge >= 0.3 is 5.97 Å². The van der Waals surface area contributed by atoms with Gasteiger partial charge in [0.2, 0.25) is 6.79 Å². The SMILES string of the molecule is O=C(O)C=Cc1ccc(Oc2cc(Cl)cc(Cl)c2)cc1Cc1cc2c(cc1Cl)OCO2. The van der Waals surface area contributed by atoms with Gasteiger partial charge in [-0.05, 0) is 65.6 Å². The van der Waals surface area contributed by atoms with Gasteiger partial charge in [0.1, 0.15) is 11.5 Å². The average molecular weight is 478 g/mol. The number of halogens is 3. The Bertz CT molecular complexity index is 1170. The second-order valence-corrected chi connectivity index (χ2v) is 7.99. The number of carboxylic acids is 1. The maximum Gasteiger partial charge on any atom is 0.328 e. The average Bonchev–Trinajstić information content (AvgIpc) is 3.14. The van der Waals surface area contributed by atoms with Crippen LogP contribution in [0.15, 0.2) is 54.6 Å². The lowest BCUT2D eigenvalue weighted by Crippen LogP contribution is -1.96. The van der Waals surface area contributed by atoms with Crippen molar-refractivity contribution in [3.05, 3.63) is 86.4 Å². The maximum atomic E-state index is 11.0. The second kappa shape index (κ2) is 9.10. The van der Waals surface area contributed by atoms with Gasteiger partial charge in [-0.2, -0.15) is 0 Å². The first-order valence-electron chi connectivity index (χ1n) is 9.13. The number of aliphatic carboxylic acids is 1. The molecule has 0 fully saturated rings. The van der Waals surface area contributed by atoms with Crippen LogP contribution in [0.3, 0.4) is 0 Å². The van der Waals surface area contributed by atoms with Crippen molar-refractivity contribution in [2.45, 2.75) is 6.42 Å². The monoisotopic (exact) mass is 476 g/mol. The summed E-state index contributed by atoms with van der Waals surface area (Å²) in [5, 5.41) is 10.4. The zero-order valence-corrected chi connectivity index (χ0v) is 18.2. The van der Waals surface area contributed by atoms with Gasteiger partial charge in [-0.25, -0.2) is 4.79 Å². The van der Waals surface area contributed by atoms with Crippen molar-refractivity contribution in [1.82, 2.24) is 0 Å². The molecule has 0 saturated heterocycles. The molecule has 0 saturated carbocycles. The Kier molecular flexibility index (Phi) is 6.28. The molecule has 0 aromatic heterocycles. The molecule has 5 nitrogen and oxygen atoms in total. The molecule has 0 atom stereocenters. The largest absolute Gasteiger partial charge is 0.478 e. The highest BCUT2D eigenvalue weighted by atomic mass is 35.5. The number of rotatable bonds is 6. The number of carboxylic acid groups (broad SMARTS) is 1. The molecular weight excluding hydrogens is 463 g/mol. The zero-order valence-electron chi connectivity index (χ0n) is 15.9. The van der Waals surface area contributed by atoms with E-state index in [1.54, 1.807) is 36.4 Å². The van der Waals surface area contributed by atoms with E-state index in [0.29, 0.717) is 50.1 Å². The molecule has 158 valence electrons. The third-order valence-electron chi connectivity index (χ3n) is 4.51. The highest BCUT2D eigenvalue weighted by molar-refractivity contribution is 6.34. The van der Waals surface area contributed by atoms with Crippen LogP contribution >= 0.6 is 34.8 Å². The summed E-state index contributed by atoms with van der Waals surface area (Å²) in [4.78, 5) is 11.0. The Morgan fingerprint density at radius 1 is 0.935 bits per heavy atom. The van der Waals surface area contributed by atoms with E-state index in [0.717, 1.165) is 17.2 Å². The first kappa shape index (κ1) is 21.4. The molecule has 0 amide bonds. The molecule has 1 aliphatic heterocycles. The van der Waals surface area contributed by atoms with Crippen LogP contribution in [0.2, 0.25) is 15.1 Å². The highest BCUT2D eigenvalue weighted by Gasteiger charge is 2.17. The van der Waals surface area contributed by atoms with Crippen LogP contribution in [0.4, 0.5) is 0 Å². The zero-order chi connectivity index (χ0) is 22.0. The standard InChI is InChI=1S/C23H15Cl3O5/c24-16-8-17(25)10-19(9-16)31-18-3-1-13(2-4-23(27)28)14(6-18)5-15-7-21-22(11-20(15)26)30-12-29-21/h1-4,6-11H,5,12H2,(H,27,28). The minimum atomic E-state index is -1.04. The van der Waals surface area contributed by atoms with E-state index in [1.165, 1.54) is 6.08 Å². The molecule has 3 aromatic carbocycles. The molecule has 0 unspecified atom stereocenters. The van der Waals surface area contributed by atoms with Gasteiger partial charge in [0, 0.05) is 27.2 Å². The van der Waals surface area contributed by atoms with Crippen molar-refractivity contribution in [2.24, 2.45) is 0 Å². The number of carbonyl (C=O) groups is 1. The van der Waals surface area contributed by atoms with E-state index >= 15 is 0 Å². The number of benzene rings is 3. The maximum absolute atomic E-state index is 11.0. The van der Waals surface area contributed by atoms with E-state index < -0.39 is 5.97 Å². The molecule has 1 N–H and O–H groups in total. The van der Waals surface area contributed by atoms with Crippen LogP contribution in [-0.4, -0.2) is 17.9 Å². The predicted octanol–water partition coefficient (Wildman–Crippen LogP) is 6.86. The van der Waals surface area contributed by atoms with E-state index in [-0.39, 0.29) is 6.79 Å². The summed E-state index contributed by atoms with van der Waals surface area (Å²) in [5.41, 5.74) is 2.33. The summed E-state index contributed by atoms with van der Waals surface area (Å²) < 4.78 is 16.7. The van der Waals surface area contributed by atoms with Crippen molar-refractivity contribution in [1.29, 1.82) is 0 Å². The normalized spacial score (nSPS) is 12.4. The van der Waals surface area contributed by atoms with Crippen molar-refractivity contribution in [3.63, 3.8) is 0 Å². The predicted molar refractivity (Wildman–Crippen MR) is 120 cm³/mol. The van der Waals surface area contributed by atoms with Crippen molar-refractivity contribution in [2.75, 3.05) is 6.79 Å². The van der Waals surface area contributed by atoms with Gasteiger partial charge in [-0.1, -0.05) is 40.9 Å². The molecule has 3 aromatic rings. The molecule has 0 bridgehead atoms.